The van der Waals surface area contributed by atoms with Gasteiger partial charge < -0.3 is 9.47 Å². The molecule has 3 heteroatoms. The highest BCUT2D eigenvalue weighted by atomic mass is 35.5. The smallest absolute Gasteiger partial charge is 0.119 e. The van der Waals surface area contributed by atoms with Crippen LogP contribution >= 0.6 is 11.6 Å². The summed E-state index contributed by atoms with van der Waals surface area (Å²) in [5.41, 5.74) is 1.18. The molecule has 2 nitrogen and oxygen atoms in total. The van der Waals surface area contributed by atoms with Crippen molar-refractivity contribution in [1.82, 2.24) is 0 Å². The Bertz CT molecular complexity index is 591. The summed E-state index contributed by atoms with van der Waals surface area (Å²) in [6.45, 7) is 1.65. The molecule has 20 heavy (non-hydrogen) atoms. The van der Waals surface area contributed by atoms with Crippen LogP contribution in [0.2, 0.25) is 0 Å². The van der Waals surface area contributed by atoms with Crippen molar-refractivity contribution in [3.63, 3.8) is 0 Å². The lowest BCUT2D eigenvalue weighted by molar-refractivity contribution is 0.0531. The molecule has 1 saturated heterocycles. The maximum absolute atomic E-state index is 6.64. The van der Waals surface area contributed by atoms with Crippen LogP contribution in [0.4, 0.5) is 0 Å². The predicted octanol–water partition coefficient (Wildman–Crippen LogP) is 4.55. The van der Waals surface area contributed by atoms with Crippen molar-refractivity contribution in [3.8, 4) is 5.75 Å². The third-order valence-electron chi connectivity index (χ3n) is 4.00. The van der Waals surface area contributed by atoms with E-state index in [1.807, 2.05) is 12.1 Å². The van der Waals surface area contributed by atoms with Gasteiger partial charge in [-0.25, -0.2) is 0 Å². The van der Waals surface area contributed by atoms with Gasteiger partial charge in [-0.05, 0) is 47.4 Å². The SMILES string of the molecule is COc1ccc2cc(C(Cl)C3CCCOC3)ccc2c1. The van der Waals surface area contributed by atoms with Crippen LogP contribution in [-0.2, 0) is 4.74 Å². The van der Waals surface area contributed by atoms with Crippen LogP contribution in [0, 0.1) is 5.92 Å². The van der Waals surface area contributed by atoms with Crippen molar-refractivity contribution in [2.75, 3.05) is 20.3 Å². The number of rotatable bonds is 3. The molecule has 0 amide bonds. The summed E-state index contributed by atoms with van der Waals surface area (Å²) in [7, 11) is 1.69. The first kappa shape index (κ1) is 13.7. The lowest BCUT2D eigenvalue weighted by atomic mass is 9.92. The second-order valence-corrected chi connectivity index (χ2v) is 5.82. The Hall–Kier alpha value is -1.25. The molecule has 0 saturated carbocycles. The van der Waals surface area contributed by atoms with Crippen molar-refractivity contribution in [2.24, 2.45) is 5.92 Å². The number of benzene rings is 2. The zero-order chi connectivity index (χ0) is 13.9. The van der Waals surface area contributed by atoms with E-state index >= 15 is 0 Å². The average Bonchev–Trinajstić information content (AvgIpc) is 2.54. The van der Waals surface area contributed by atoms with Crippen molar-refractivity contribution in [3.05, 3.63) is 42.0 Å². The van der Waals surface area contributed by atoms with Gasteiger partial charge in [0.2, 0.25) is 0 Å². The Kier molecular flexibility index (Phi) is 4.13. The van der Waals surface area contributed by atoms with Crippen LogP contribution in [0.1, 0.15) is 23.8 Å². The van der Waals surface area contributed by atoms with Gasteiger partial charge in [-0.3, -0.25) is 0 Å². The molecule has 1 fully saturated rings. The molecular formula is C17H19ClO2. The van der Waals surface area contributed by atoms with Crippen LogP contribution in [0.15, 0.2) is 36.4 Å². The Labute approximate surface area is 124 Å². The Balaban J connectivity index is 1.88. The number of halogens is 1. The lowest BCUT2D eigenvalue weighted by Gasteiger charge is -2.26. The third kappa shape index (κ3) is 2.77. The second kappa shape index (κ2) is 6.02. The summed E-state index contributed by atoms with van der Waals surface area (Å²) in [6.07, 6.45) is 2.26. The average molecular weight is 291 g/mol. The number of hydrogen-bond acceptors (Lipinski definition) is 2. The number of ether oxygens (including phenoxy) is 2. The summed E-state index contributed by atoms with van der Waals surface area (Å²) in [5.74, 6) is 1.30. The quantitative estimate of drug-likeness (QED) is 0.772. The largest absolute Gasteiger partial charge is 0.497 e. The molecule has 1 aliphatic rings. The standard InChI is InChI=1S/C17H19ClO2/c1-19-16-7-6-12-9-14(5-4-13(12)10-16)17(18)15-3-2-8-20-11-15/h4-7,9-10,15,17H,2-3,8,11H2,1H3. The Morgan fingerprint density at radius 1 is 1.20 bits per heavy atom. The van der Waals surface area contributed by atoms with Crippen molar-refractivity contribution >= 4 is 22.4 Å². The fraction of sp³-hybridized carbons (Fsp3) is 0.412. The molecule has 0 aromatic heterocycles. The summed E-state index contributed by atoms with van der Waals surface area (Å²) >= 11 is 6.64. The van der Waals surface area contributed by atoms with Gasteiger partial charge in [-0.2, -0.15) is 0 Å². The second-order valence-electron chi connectivity index (χ2n) is 5.35. The fourth-order valence-electron chi connectivity index (χ4n) is 2.81. The van der Waals surface area contributed by atoms with Gasteiger partial charge in [0.1, 0.15) is 5.75 Å². The van der Waals surface area contributed by atoms with Gasteiger partial charge >= 0.3 is 0 Å². The minimum Gasteiger partial charge on any atom is -0.497 e. The van der Waals surface area contributed by atoms with E-state index in [0.29, 0.717) is 5.92 Å². The van der Waals surface area contributed by atoms with E-state index in [1.54, 1.807) is 7.11 Å². The molecule has 1 heterocycles. The van der Waals surface area contributed by atoms with Crippen LogP contribution < -0.4 is 4.74 Å². The van der Waals surface area contributed by atoms with E-state index in [1.165, 1.54) is 16.3 Å². The third-order valence-corrected chi connectivity index (χ3v) is 4.61. The molecule has 3 rings (SSSR count). The molecule has 0 radical (unpaired) electrons. The van der Waals surface area contributed by atoms with Gasteiger partial charge in [0.05, 0.1) is 19.1 Å². The minimum absolute atomic E-state index is 0.0294. The molecule has 0 bridgehead atoms. The maximum Gasteiger partial charge on any atom is 0.119 e. The van der Waals surface area contributed by atoms with Gasteiger partial charge in [-0.15, -0.1) is 11.6 Å². The number of methoxy groups -OCH3 is 1. The van der Waals surface area contributed by atoms with E-state index in [4.69, 9.17) is 21.1 Å². The highest BCUT2D eigenvalue weighted by Gasteiger charge is 2.23. The number of alkyl halides is 1. The van der Waals surface area contributed by atoms with Crippen molar-refractivity contribution in [2.45, 2.75) is 18.2 Å². The highest BCUT2D eigenvalue weighted by Crippen LogP contribution is 2.35. The van der Waals surface area contributed by atoms with Crippen LogP contribution in [-0.4, -0.2) is 20.3 Å². The molecule has 2 atom stereocenters. The normalized spacial score (nSPS) is 20.8. The topological polar surface area (TPSA) is 18.5 Å². The molecule has 2 aromatic rings. The first-order valence-corrected chi connectivity index (χ1v) is 7.51. The summed E-state index contributed by atoms with van der Waals surface area (Å²) < 4.78 is 10.8. The van der Waals surface area contributed by atoms with Crippen molar-refractivity contribution in [1.29, 1.82) is 0 Å². The molecule has 2 unspecified atom stereocenters. The van der Waals surface area contributed by atoms with E-state index in [2.05, 4.69) is 24.3 Å². The molecule has 0 aliphatic carbocycles. The molecular weight excluding hydrogens is 272 g/mol. The van der Waals surface area contributed by atoms with Gasteiger partial charge in [0, 0.05) is 12.5 Å². The zero-order valence-corrected chi connectivity index (χ0v) is 12.4. The van der Waals surface area contributed by atoms with E-state index in [0.717, 1.165) is 31.8 Å². The number of fused-ring (bicyclic) bond motifs is 1. The van der Waals surface area contributed by atoms with Crippen LogP contribution in [0.5, 0.6) is 5.75 Å². The molecule has 0 N–H and O–H groups in total. The van der Waals surface area contributed by atoms with Gasteiger partial charge in [-0.1, -0.05) is 18.2 Å². The number of hydrogen-bond donors (Lipinski definition) is 0. The maximum atomic E-state index is 6.64. The van der Waals surface area contributed by atoms with Gasteiger partial charge in [0.15, 0.2) is 0 Å². The van der Waals surface area contributed by atoms with E-state index in [-0.39, 0.29) is 5.38 Å². The summed E-state index contributed by atoms with van der Waals surface area (Å²) in [4.78, 5) is 0. The Morgan fingerprint density at radius 3 is 2.75 bits per heavy atom. The predicted molar refractivity (Wildman–Crippen MR) is 82.6 cm³/mol. The fourth-order valence-corrected chi connectivity index (χ4v) is 3.14. The summed E-state index contributed by atoms with van der Waals surface area (Å²) in [5, 5.41) is 2.41. The first-order valence-electron chi connectivity index (χ1n) is 7.07. The van der Waals surface area contributed by atoms with Gasteiger partial charge in [0.25, 0.3) is 0 Å². The van der Waals surface area contributed by atoms with E-state index < -0.39 is 0 Å². The molecule has 106 valence electrons. The lowest BCUT2D eigenvalue weighted by Crippen LogP contribution is -2.21. The molecule has 2 aromatic carbocycles. The highest BCUT2D eigenvalue weighted by molar-refractivity contribution is 6.21. The summed E-state index contributed by atoms with van der Waals surface area (Å²) in [6, 6.07) is 12.5. The first-order chi connectivity index (χ1) is 9.78. The zero-order valence-electron chi connectivity index (χ0n) is 11.6. The minimum atomic E-state index is 0.0294. The van der Waals surface area contributed by atoms with Crippen LogP contribution in [0.3, 0.4) is 0 Å². The van der Waals surface area contributed by atoms with Crippen LogP contribution in [0.25, 0.3) is 10.8 Å². The van der Waals surface area contributed by atoms with E-state index in [9.17, 15) is 0 Å². The Morgan fingerprint density at radius 2 is 2.00 bits per heavy atom. The molecule has 1 aliphatic heterocycles. The van der Waals surface area contributed by atoms with Crippen molar-refractivity contribution < 1.29 is 9.47 Å². The molecule has 0 spiro atoms. The monoisotopic (exact) mass is 290 g/mol.